The lowest BCUT2D eigenvalue weighted by Crippen LogP contribution is -2.11. The molecule has 2 aromatic heterocycles. The summed E-state index contributed by atoms with van der Waals surface area (Å²) in [6.07, 6.45) is 0. The highest BCUT2D eigenvalue weighted by atomic mass is 35.5. The van der Waals surface area contributed by atoms with Crippen molar-refractivity contribution in [2.24, 2.45) is 0 Å². The van der Waals surface area contributed by atoms with E-state index in [9.17, 15) is 0 Å². The van der Waals surface area contributed by atoms with Gasteiger partial charge in [-0.2, -0.15) is 4.98 Å². The number of para-hydroxylation sites is 1. The van der Waals surface area contributed by atoms with Crippen molar-refractivity contribution in [1.29, 1.82) is 0 Å². The van der Waals surface area contributed by atoms with Crippen molar-refractivity contribution in [2.75, 3.05) is 12.4 Å². The number of nitrogens with zero attached hydrogens (tertiary/aromatic N) is 5. The molecule has 0 spiro atoms. The maximum Gasteiger partial charge on any atom is 0.237 e. The van der Waals surface area contributed by atoms with Gasteiger partial charge in [0.05, 0.1) is 17.9 Å². The molecular weight excluding hydrogens is 412 g/mol. The van der Waals surface area contributed by atoms with Crippen LogP contribution in [-0.2, 0) is 5.75 Å². The summed E-state index contributed by atoms with van der Waals surface area (Å²) >= 11 is 7.39. The summed E-state index contributed by atoms with van der Waals surface area (Å²) < 4.78 is 12.4. The second kappa shape index (κ2) is 8.54. The van der Waals surface area contributed by atoms with Gasteiger partial charge in [0.15, 0.2) is 5.82 Å². The molecule has 2 heterocycles. The van der Waals surface area contributed by atoms with E-state index in [0.717, 1.165) is 11.1 Å². The largest absolute Gasteiger partial charge is 0.493 e. The van der Waals surface area contributed by atoms with Crippen LogP contribution >= 0.6 is 23.4 Å². The van der Waals surface area contributed by atoms with E-state index < -0.39 is 0 Å². The minimum Gasteiger partial charge on any atom is -0.493 e. The normalized spacial score (nSPS) is 11.0. The van der Waals surface area contributed by atoms with Gasteiger partial charge in [-0.1, -0.05) is 52.8 Å². The van der Waals surface area contributed by atoms with Crippen LogP contribution in [0.4, 0.5) is 0 Å². The Balaban J connectivity index is 1.49. The number of aromatic nitrogens is 5. The smallest absolute Gasteiger partial charge is 0.237 e. The van der Waals surface area contributed by atoms with Gasteiger partial charge in [0.1, 0.15) is 5.75 Å². The van der Waals surface area contributed by atoms with E-state index >= 15 is 0 Å². The van der Waals surface area contributed by atoms with Crippen molar-refractivity contribution in [2.45, 2.75) is 17.8 Å². The Hall–Kier alpha value is -3.04. The van der Waals surface area contributed by atoms with E-state index in [1.807, 2.05) is 43.3 Å². The van der Waals surface area contributed by atoms with Gasteiger partial charge in [0.2, 0.25) is 16.9 Å². The van der Waals surface area contributed by atoms with E-state index in [0.29, 0.717) is 45.8 Å². The average Bonchev–Trinajstić information content (AvgIpc) is 3.34. The molecule has 4 aromatic rings. The van der Waals surface area contributed by atoms with Gasteiger partial charge in [-0.15, -0.1) is 10.2 Å². The SMILES string of the molecule is CCOc1ccccc1-c1noc(CSc2nnc(-c3cccc(Cl)c3)n2N)n1. The second-order valence-corrected chi connectivity index (χ2v) is 7.30. The van der Waals surface area contributed by atoms with E-state index in [-0.39, 0.29) is 0 Å². The van der Waals surface area contributed by atoms with Gasteiger partial charge < -0.3 is 15.1 Å². The average molecular weight is 429 g/mol. The molecule has 0 atom stereocenters. The van der Waals surface area contributed by atoms with Crippen molar-refractivity contribution >= 4 is 23.4 Å². The quantitative estimate of drug-likeness (QED) is 0.347. The van der Waals surface area contributed by atoms with Crippen molar-refractivity contribution in [1.82, 2.24) is 25.0 Å². The molecule has 0 fully saturated rings. The highest BCUT2D eigenvalue weighted by Crippen LogP contribution is 2.29. The lowest BCUT2D eigenvalue weighted by Gasteiger charge is -2.06. The van der Waals surface area contributed by atoms with Crippen LogP contribution in [0.15, 0.2) is 58.2 Å². The molecule has 0 saturated carbocycles. The van der Waals surface area contributed by atoms with Crippen LogP contribution in [0.5, 0.6) is 5.75 Å². The van der Waals surface area contributed by atoms with Crippen molar-refractivity contribution in [3.63, 3.8) is 0 Å². The Kier molecular flexibility index (Phi) is 5.68. The van der Waals surface area contributed by atoms with Gasteiger partial charge in [-0.25, -0.2) is 4.68 Å². The Morgan fingerprint density at radius 3 is 2.86 bits per heavy atom. The molecule has 8 nitrogen and oxygen atoms in total. The number of nitrogen functional groups attached to an aromatic ring is 1. The number of ether oxygens (including phenoxy) is 1. The Morgan fingerprint density at radius 2 is 2.03 bits per heavy atom. The first-order valence-electron chi connectivity index (χ1n) is 8.79. The summed E-state index contributed by atoms with van der Waals surface area (Å²) in [6.45, 7) is 2.48. The van der Waals surface area contributed by atoms with Gasteiger partial charge in [-0.3, -0.25) is 0 Å². The molecule has 0 aliphatic rings. The van der Waals surface area contributed by atoms with Gasteiger partial charge in [0, 0.05) is 10.6 Å². The molecule has 10 heteroatoms. The fourth-order valence-corrected chi connectivity index (χ4v) is 3.57. The number of hydrogen-bond acceptors (Lipinski definition) is 8. The first kappa shape index (κ1) is 19.3. The molecule has 0 unspecified atom stereocenters. The standard InChI is InChI=1S/C19H17ClN6O2S/c1-2-27-15-9-4-3-8-14(15)17-22-16(28-25-17)11-29-19-24-23-18(26(19)21)12-6-5-7-13(20)10-12/h3-10H,2,11,21H2,1H3. The summed E-state index contributed by atoms with van der Waals surface area (Å²) in [6, 6.07) is 14.8. The van der Waals surface area contributed by atoms with Gasteiger partial charge in [0.25, 0.3) is 0 Å². The summed E-state index contributed by atoms with van der Waals surface area (Å²) in [5.41, 5.74) is 1.56. The third-order valence-corrected chi connectivity index (χ3v) is 5.13. The van der Waals surface area contributed by atoms with Crippen molar-refractivity contribution in [3.05, 3.63) is 59.4 Å². The summed E-state index contributed by atoms with van der Waals surface area (Å²) in [4.78, 5) is 4.45. The predicted octanol–water partition coefficient (Wildman–Crippen LogP) is 4.05. The number of rotatable bonds is 7. The topological polar surface area (TPSA) is 105 Å². The molecule has 0 amide bonds. The summed E-state index contributed by atoms with van der Waals surface area (Å²) in [5.74, 6) is 8.69. The fourth-order valence-electron chi connectivity index (χ4n) is 2.68. The predicted molar refractivity (Wildman–Crippen MR) is 111 cm³/mol. The monoisotopic (exact) mass is 428 g/mol. The lowest BCUT2D eigenvalue weighted by molar-refractivity contribution is 0.341. The highest BCUT2D eigenvalue weighted by molar-refractivity contribution is 7.98. The summed E-state index contributed by atoms with van der Waals surface area (Å²) in [7, 11) is 0. The third-order valence-electron chi connectivity index (χ3n) is 3.97. The van der Waals surface area contributed by atoms with Crippen LogP contribution in [-0.4, -0.2) is 31.6 Å². The van der Waals surface area contributed by atoms with Gasteiger partial charge >= 0.3 is 0 Å². The number of halogens is 1. The van der Waals surface area contributed by atoms with Crippen LogP contribution in [0, 0.1) is 0 Å². The minimum absolute atomic E-state index is 0.398. The molecule has 0 aliphatic heterocycles. The van der Waals surface area contributed by atoms with E-state index in [4.69, 9.17) is 26.7 Å². The zero-order valence-corrected chi connectivity index (χ0v) is 17.0. The number of benzene rings is 2. The molecule has 29 heavy (non-hydrogen) atoms. The van der Waals surface area contributed by atoms with E-state index in [1.165, 1.54) is 16.4 Å². The fraction of sp³-hybridized carbons (Fsp3) is 0.158. The summed E-state index contributed by atoms with van der Waals surface area (Å²) in [5, 5.41) is 13.5. The highest BCUT2D eigenvalue weighted by Gasteiger charge is 2.16. The first-order chi connectivity index (χ1) is 14.2. The molecular formula is C19H17ClN6O2S. The molecule has 0 saturated heterocycles. The number of hydrogen-bond donors (Lipinski definition) is 1. The minimum atomic E-state index is 0.398. The zero-order chi connectivity index (χ0) is 20.2. The molecule has 2 aromatic carbocycles. The lowest BCUT2D eigenvalue weighted by atomic mass is 10.2. The Bertz CT molecular complexity index is 1130. The van der Waals surface area contributed by atoms with Crippen molar-refractivity contribution in [3.8, 4) is 28.5 Å². The van der Waals surface area contributed by atoms with E-state index in [2.05, 4.69) is 20.3 Å². The first-order valence-corrected chi connectivity index (χ1v) is 10.2. The van der Waals surface area contributed by atoms with Gasteiger partial charge in [-0.05, 0) is 31.2 Å². The Morgan fingerprint density at radius 1 is 1.17 bits per heavy atom. The van der Waals surface area contributed by atoms with Crippen LogP contribution < -0.4 is 10.6 Å². The Labute approximate surface area is 176 Å². The second-order valence-electron chi connectivity index (χ2n) is 5.92. The van der Waals surface area contributed by atoms with Crippen molar-refractivity contribution < 1.29 is 9.26 Å². The number of nitrogens with two attached hydrogens (primary N) is 1. The molecule has 4 rings (SSSR count). The molecule has 148 valence electrons. The molecule has 0 radical (unpaired) electrons. The maximum absolute atomic E-state index is 6.14. The molecule has 2 N–H and O–H groups in total. The number of thioether (sulfide) groups is 1. The molecule has 0 aliphatic carbocycles. The molecule has 0 bridgehead atoms. The van der Waals surface area contributed by atoms with E-state index in [1.54, 1.807) is 12.1 Å². The zero-order valence-electron chi connectivity index (χ0n) is 15.4. The van der Waals surface area contributed by atoms with Crippen LogP contribution in [0.3, 0.4) is 0 Å². The van der Waals surface area contributed by atoms with Crippen LogP contribution in [0.25, 0.3) is 22.8 Å². The third kappa shape index (κ3) is 4.20. The van der Waals surface area contributed by atoms with Crippen LogP contribution in [0.1, 0.15) is 12.8 Å². The maximum atomic E-state index is 6.14. The van der Waals surface area contributed by atoms with Crippen LogP contribution in [0.2, 0.25) is 5.02 Å².